The lowest BCUT2D eigenvalue weighted by Gasteiger charge is -2.08. The minimum atomic E-state index is -0.961. The van der Waals surface area contributed by atoms with Crippen LogP contribution in [0.1, 0.15) is 27.5 Å². The molecule has 1 aliphatic carbocycles. The molecule has 0 amide bonds. The molecule has 1 aliphatic rings. The highest BCUT2D eigenvalue weighted by Gasteiger charge is 2.28. The highest BCUT2D eigenvalue weighted by atomic mass is 16.4. The van der Waals surface area contributed by atoms with E-state index in [0.717, 1.165) is 33.3 Å². The Morgan fingerprint density at radius 1 is 1.00 bits per heavy atom. The highest BCUT2D eigenvalue weighted by Crippen LogP contribution is 2.46. The highest BCUT2D eigenvalue weighted by molar-refractivity contribution is 5.95. The van der Waals surface area contributed by atoms with Gasteiger partial charge in [-0.05, 0) is 40.5 Å². The quantitative estimate of drug-likeness (QED) is 0.515. The van der Waals surface area contributed by atoms with Gasteiger partial charge in [0.25, 0.3) is 0 Å². The summed E-state index contributed by atoms with van der Waals surface area (Å²) in [5.74, 6) is -0.250. The summed E-state index contributed by atoms with van der Waals surface area (Å²) in [4.78, 5) is 19.1. The third-order valence-electron chi connectivity index (χ3n) is 4.98. The van der Waals surface area contributed by atoms with E-state index in [4.69, 9.17) is 5.73 Å². The smallest absolute Gasteiger partial charge is 0.335 e. The molecule has 0 saturated carbocycles. The summed E-state index contributed by atoms with van der Waals surface area (Å²) in [6.45, 7) is 0. The molecule has 1 heterocycles. The van der Waals surface area contributed by atoms with Gasteiger partial charge in [-0.15, -0.1) is 0 Å². The molecule has 26 heavy (non-hydrogen) atoms. The van der Waals surface area contributed by atoms with E-state index in [1.807, 2.05) is 24.3 Å². The van der Waals surface area contributed by atoms with Crippen molar-refractivity contribution in [2.45, 2.75) is 6.04 Å². The van der Waals surface area contributed by atoms with Gasteiger partial charge in [0.05, 0.1) is 22.6 Å². The second kappa shape index (κ2) is 5.28. The van der Waals surface area contributed by atoms with Crippen LogP contribution in [0, 0.1) is 0 Å². The molecule has 126 valence electrons. The first-order chi connectivity index (χ1) is 12.6. The topological polar surface area (TPSA) is 92.0 Å². The van der Waals surface area contributed by atoms with Crippen molar-refractivity contribution >= 4 is 17.0 Å². The Bertz CT molecular complexity index is 1190. The van der Waals surface area contributed by atoms with Gasteiger partial charge in [-0.25, -0.2) is 9.78 Å². The number of imidazole rings is 1. The summed E-state index contributed by atoms with van der Waals surface area (Å²) in [7, 11) is 0. The molecule has 0 aliphatic heterocycles. The lowest BCUT2D eigenvalue weighted by atomic mass is 9.99. The Balaban J connectivity index is 1.74. The number of aromatic amines is 1. The molecule has 5 heteroatoms. The minimum absolute atomic E-state index is 0.149. The summed E-state index contributed by atoms with van der Waals surface area (Å²) in [6, 6.07) is 19.0. The van der Waals surface area contributed by atoms with Crippen molar-refractivity contribution in [3.63, 3.8) is 0 Å². The average Bonchev–Trinajstić information content (AvgIpc) is 3.21. The number of hydrogen-bond donors (Lipinski definition) is 3. The first-order valence-electron chi connectivity index (χ1n) is 8.35. The van der Waals surface area contributed by atoms with E-state index in [1.54, 1.807) is 18.2 Å². The third kappa shape index (κ3) is 2.01. The number of H-pyrrole nitrogens is 1. The van der Waals surface area contributed by atoms with Crippen molar-refractivity contribution in [3.8, 4) is 22.5 Å². The van der Waals surface area contributed by atoms with Gasteiger partial charge in [-0.3, -0.25) is 0 Å². The number of benzene rings is 3. The number of fused-ring (bicyclic) bond motifs is 4. The van der Waals surface area contributed by atoms with Gasteiger partial charge in [0.15, 0.2) is 0 Å². The third-order valence-corrected chi connectivity index (χ3v) is 4.98. The summed E-state index contributed by atoms with van der Waals surface area (Å²) in [6.07, 6.45) is 0. The van der Waals surface area contributed by atoms with Crippen molar-refractivity contribution in [1.29, 1.82) is 0 Å². The summed E-state index contributed by atoms with van der Waals surface area (Å²) >= 11 is 0. The molecule has 0 fully saturated rings. The molecule has 4 aromatic rings. The van der Waals surface area contributed by atoms with Crippen LogP contribution in [0.25, 0.3) is 33.5 Å². The Morgan fingerprint density at radius 3 is 2.62 bits per heavy atom. The number of carbonyl (C=O) groups is 1. The fourth-order valence-electron chi connectivity index (χ4n) is 3.76. The second-order valence-electron chi connectivity index (χ2n) is 6.46. The van der Waals surface area contributed by atoms with E-state index in [2.05, 4.69) is 28.2 Å². The molecular formula is C21H15N3O2. The number of nitrogens with two attached hydrogens (primary N) is 1. The fraction of sp³-hybridized carbons (Fsp3) is 0.0476. The molecule has 5 nitrogen and oxygen atoms in total. The SMILES string of the molecule is NC1c2ccccc2-c2c(-c3nc4cc(C(=O)O)ccc4[nH]3)cccc21. The van der Waals surface area contributed by atoms with Crippen LogP contribution in [-0.2, 0) is 0 Å². The lowest BCUT2D eigenvalue weighted by molar-refractivity contribution is 0.0697. The largest absolute Gasteiger partial charge is 0.478 e. The Labute approximate surface area is 149 Å². The van der Waals surface area contributed by atoms with Crippen LogP contribution in [0.2, 0.25) is 0 Å². The first kappa shape index (κ1) is 14.9. The molecule has 4 N–H and O–H groups in total. The second-order valence-corrected chi connectivity index (χ2v) is 6.46. The molecular weight excluding hydrogens is 326 g/mol. The predicted molar refractivity (Wildman–Crippen MR) is 100.0 cm³/mol. The van der Waals surface area contributed by atoms with Gasteiger partial charge in [0.1, 0.15) is 5.82 Å². The van der Waals surface area contributed by atoms with E-state index in [9.17, 15) is 9.90 Å². The number of nitrogens with one attached hydrogen (secondary N) is 1. The maximum Gasteiger partial charge on any atom is 0.335 e. The predicted octanol–water partition coefficient (Wildman–Crippen LogP) is 3.96. The van der Waals surface area contributed by atoms with Crippen LogP contribution in [-0.4, -0.2) is 21.0 Å². The maximum atomic E-state index is 11.2. The number of hydrogen-bond acceptors (Lipinski definition) is 3. The Hall–Kier alpha value is -3.44. The van der Waals surface area contributed by atoms with Crippen LogP contribution in [0.3, 0.4) is 0 Å². The number of carboxylic acid groups (broad SMARTS) is 1. The number of carboxylic acids is 1. The van der Waals surface area contributed by atoms with Crippen molar-refractivity contribution < 1.29 is 9.90 Å². The zero-order valence-corrected chi connectivity index (χ0v) is 13.7. The Kier molecular flexibility index (Phi) is 3.02. The van der Waals surface area contributed by atoms with Crippen molar-refractivity contribution in [2.24, 2.45) is 5.73 Å². The van der Waals surface area contributed by atoms with E-state index in [-0.39, 0.29) is 11.6 Å². The minimum Gasteiger partial charge on any atom is -0.478 e. The molecule has 0 radical (unpaired) electrons. The molecule has 5 rings (SSSR count). The van der Waals surface area contributed by atoms with Gasteiger partial charge in [0.2, 0.25) is 0 Å². The van der Waals surface area contributed by atoms with Crippen molar-refractivity contribution in [2.75, 3.05) is 0 Å². The van der Waals surface area contributed by atoms with Gasteiger partial charge in [-0.2, -0.15) is 0 Å². The van der Waals surface area contributed by atoms with E-state index in [0.29, 0.717) is 11.3 Å². The number of nitrogens with zero attached hydrogens (tertiary/aromatic N) is 1. The van der Waals surface area contributed by atoms with Crippen LogP contribution in [0.5, 0.6) is 0 Å². The Morgan fingerprint density at radius 2 is 1.77 bits per heavy atom. The zero-order chi connectivity index (χ0) is 17.8. The summed E-state index contributed by atoms with van der Waals surface area (Å²) < 4.78 is 0. The first-order valence-corrected chi connectivity index (χ1v) is 8.35. The van der Waals surface area contributed by atoms with Gasteiger partial charge >= 0.3 is 5.97 Å². The maximum absolute atomic E-state index is 11.2. The van der Waals surface area contributed by atoms with Crippen molar-refractivity contribution in [3.05, 3.63) is 77.4 Å². The molecule has 1 aromatic heterocycles. The molecule has 3 aromatic carbocycles. The molecule has 0 bridgehead atoms. The zero-order valence-electron chi connectivity index (χ0n) is 13.7. The summed E-state index contributed by atoms with van der Waals surface area (Å²) in [5.41, 5.74) is 13.5. The van der Waals surface area contributed by atoms with Crippen LogP contribution >= 0.6 is 0 Å². The molecule has 1 unspecified atom stereocenters. The molecule has 1 atom stereocenters. The normalized spacial score (nSPS) is 15.0. The van der Waals surface area contributed by atoms with E-state index in [1.165, 1.54) is 0 Å². The van der Waals surface area contributed by atoms with Gasteiger partial charge < -0.3 is 15.8 Å². The van der Waals surface area contributed by atoms with Crippen LogP contribution in [0.15, 0.2) is 60.7 Å². The lowest BCUT2D eigenvalue weighted by Crippen LogP contribution is -2.07. The van der Waals surface area contributed by atoms with E-state index < -0.39 is 5.97 Å². The molecule has 0 saturated heterocycles. The monoisotopic (exact) mass is 341 g/mol. The number of aromatic carboxylic acids is 1. The van der Waals surface area contributed by atoms with Crippen molar-refractivity contribution in [1.82, 2.24) is 9.97 Å². The van der Waals surface area contributed by atoms with Gasteiger partial charge in [-0.1, -0.05) is 42.5 Å². The summed E-state index contributed by atoms with van der Waals surface area (Å²) in [5, 5.41) is 9.18. The number of rotatable bonds is 2. The van der Waals surface area contributed by atoms with Gasteiger partial charge in [0, 0.05) is 5.56 Å². The van der Waals surface area contributed by atoms with Crippen LogP contribution < -0.4 is 5.73 Å². The fourth-order valence-corrected chi connectivity index (χ4v) is 3.76. The van der Waals surface area contributed by atoms with Crippen LogP contribution in [0.4, 0.5) is 0 Å². The molecule has 0 spiro atoms. The van der Waals surface area contributed by atoms with E-state index >= 15 is 0 Å². The average molecular weight is 341 g/mol. The standard InChI is InChI=1S/C21H15N3O2/c22-19-13-5-2-1-4-12(13)18-14(19)6-3-7-15(18)20-23-16-9-8-11(21(25)26)10-17(16)24-20/h1-10,19H,22H2,(H,23,24)(H,25,26). The number of aromatic nitrogens is 2.